The van der Waals surface area contributed by atoms with Crippen molar-refractivity contribution in [2.24, 2.45) is 0 Å². The minimum Gasteiger partial charge on any atom is -0.279 e. The average molecular weight is 194 g/mol. The Labute approximate surface area is 80.1 Å². The Morgan fingerprint density at radius 2 is 2.21 bits per heavy atom. The number of alkyl halides is 1. The summed E-state index contributed by atoms with van der Waals surface area (Å²) in [5, 5.41) is 3.23. The molecule has 2 rings (SSSR count). The number of fused-ring (bicyclic) bond motifs is 1. The molecule has 0 saturated carbocycles. The zero-order valence-corrected chi connectivity index (χ0v) is 7.83. The van der Waals surface area contributed by atoms with Gasteiger partial charge in [-0.1, -0.05) is 12.1 Å². The molecule has 0 amide bonds. The van der Waals surface area contributed by atoms with Crippen molar-refractivity contribution in [3.63, 3.8) is 0 Å². The van der Waals surface area contributed by atoms with Gasteiger partial charge in [-0.25, -0.2) is 4.39 Å². The van der Waals surface area contributed by atoms with E-state index in [-0.39, 0.29) is 11.6 Å². The molecule has 3 nitrogen and oxygen atoms in total. The Hall–Kier alpha value is -1.58. The number of aromatic amines is 1. The third-order valence-corrected chi connectivity index (χ3v) is 2.29. The summed E-state index contributed by atoms with van der Waals surface area (Å²) in [5.41, 5.74) is 0.587. The van der Waals surface area contributed by atoms with Crippen LogP contribution in [0.3, 0.4) is 0 Å². The Bertz CT molecular complexity index is 500. The van der Waals surface area contributed by atoms with Gasteiger partial charge >= 0.3 is 0 Å². The molecule has 1 aromatic carbocycles. The van der Waals surface area contributed by atoms with Crippen LogP contribution in [-0.2, 0) is 0 Å². The summed E-state index contributed by atoms with van der Waals surface area (Å²) < 4.78 is 14.0. The van der Waals surface area contributed by atoms with Gasteiger partial charge in [-0.15, -0.1) is 0 Å². The lowest BCUT2D eigenvalue weighted by atomic mass is 10.2. The fraction of sp³-hybridized carbons (Fsp3) is 0.300. The van der Waals surface area contributed by atoms with Gasteiger partial charge in [-0.3, -0.25) is 14.6 Å². The summed E-state index contributed by atoms with van der Waals surface area (Å²) >= 11 is 0. The number of hydrogen-bond donors (Lipinski definition) is 1. The van der Waals surface area contributed by atoms with E-state index in [4.69, 9.17) is 0 Å². The molecule has 1 atom stereocenters. The highest BCUT2D eigenvalue weighted by atomic mass is 19.1. The Balaban J connectivity index is 2.73. The predicted octanol–water partition coefficient (Wildman–Crippen LogP) is 1.86. The van der Waals surface area contributed by atoms with E-state index in [2.05, 4.69) is 5.10 Å². The quantitative estimate of drug-likeness (QED) is 0.778. The van der Waals surface area contributed by atoms with Crippen molar-refractivity contribution < 1.29 is 4.39 Å². The van der Waals surface area contributed by atoms with Crippen LogP contribution in [0.1, 0.15) is 13.0 Å². The van der Waals surface area contributed by atoms with Crippen LogP contribution in [0, 0.1) is 0 Å². The molecule has 0 radical (unpaired) electrons. The van der Waals surface area contributed by atoms with Crippen LogP contribution in [0.4, 0.5) is 4.39 Å². The molecule has 74 valence electrons. The van der Waals surface area contributed by atoms with Crippen molar-refractivity contribution in [2.45, 2.75) is 13.0 Å². The number of benzene rings is 1. The van der Waals surface area contributed by atoms with Crippen LogP contribution in [0.2, 0.25) is 0 Å². The molecule has 4 heteroatoms. The molecule has 14 heavy (non-hydrogen) atoms. The topological polar surface area (TPSA) is 37.8 Å². The smallest absolute Gasteiger partial charge is 0.271 e. The second-order valence-electron chi connectivity index (χ2n) is 3.33. The standard InChI is InChI=1S/C10H11FN2O/c1-7(6-11)13-9-5-3-2-4-8(9)10(14)12-13/h2-5,7H,6H2,1H3,(H,12,14). The Kier molecular flexibility index (Phi) is 2.11. The minimum absolute atomic E-state index is 0.166. The second-order valence-corrected chi connectivity index (χ2v) is 3.33. The van der Waals surface area contributed by atoms with E-state index in [1.165, 1.54) is 0 Å². The first-order valence-corrected chi connectivity index (χ1v) is 4.49. The maximum Gasteiger partial charge on any atom is 0.271 e. The summed E-state index contributed by atoms with van der Waals surface area (Å²) in [4.78, 5) is 11.4. The molecular formula is C10H11FN2O. The minimum atomic E-state index is -0.491. The van der Waals surface area contributed by atoms with E-state index < -0.39 is 6.67 Å². The van der Waals surface area contributed by atoms with E-state index in [1.807, 2.05) is 6.07 Å². The van der Waals surface area contributed by atoms with Crippen LogP contribution < -0.4 is 5.56 Å². The number of nitrogens with one attached hydrogen (secondary N) is 1. The predicted molar refractivity (Wildman–Crippen MR) is 53.2 cm³/mol. The summed E-state index contributed by atoms with van der Waals surface area (Å²) in [6.07, 6.45) is 0. The zero-order chi connectivity index (χ0) is 10.1. The molecule has 0 spiro atoms. The van der Waals surface area contributed by atoms with E-state index in [9.17, 15) is 9.18 Å². The van der Waals surface area contributed by atoms with E-state index in [1.54, 1.807) is 29.8 Å². The fourth-order valence-electron chi connectivity index (χ4n) is 1.52. The number of nitrogens with zero attached hydrogens (tertiary/aromatic N) is 1. The Morgan fingerprint density at radius 1 is 1.50 bits per heavy atom. The van der Waals surface area contributed by atoms with Crippen LogP contribution >= 0.6 is 0 Å². The molecular weight excluding hydrogens is 183 g/mol. The van der Waals surface area contributed by atoms with Crippen molar-refractivity contribution in [2.75, 3.05) is 6.67 Å². The van der Waals surface area contributed by atoms with Crippen LogP contribution in [0.25, 0.3) is 10.9 Å². The van der Waals surface area contributed by atoms with Gasteiger partial charge < -0.3 is 0 Å². The maximum absolute atomic E-state index is 12.5. The molecule has 1 aromatic heterocycles. The van der Waals surface area contributed by atoms with Gasteiger partial charge in [0, 0.05) is 0 Å². The first kappa shape index (κ1) is 8.99. The van der Waals surface area contributed by atoms with Crippen molar-refractivity contribution in [1.82, 2.24) is 9.78 Å². The largest absolute Gasteiger partial charge is 0.279 e. The van der Waals surface area contributed by atoms with Gasteiger partial charge in [-0.05, 0) is 19.1 Å². The lowest BCUT2D eigenvalue weighted by Gasteiger charge is -2.09. The molecule has 0 fully saturated rings. The number of para-hydroxylation sites is 1. The molecule has 0 aliphatic rings. The van der Waals surface area contributed by atoms with E-state index in [0.29, 0.717) is 5.39 Å². The zero-order valence-electron chi connectivity index (χ0n) is 7.83. The highest BCUT2D eigenvalue weighted by molar-refractivity contribution is 5.78. The van der Waals surface area contributed by atoms with Crippen LogP contribution in [0.15, 0.2) is 29.1 Å². The average Bonchev–Trinajstić information content (AvgIpc) is 2.56. The number of rotatable bonds is 2. The van der Waals surface area contributed by atoms with Gasteiger partial charge in [0.25, 0.3) is 5.56 Å². The monoisotopic (exact) mass is 194 g/mol. The summed E-state index contributed by atoms with van der Waals surface area (Å²) in [6.45, 7) is 1.23. The SMILES string of the molecule is CC(CF)n1[nH]c(=O)c2ccccc21. The highest BCUT2D eigenvalue weighted by Crippen LogP contribution is 2.14. The summed E-state index contributed by atoms with van der Waals surface area (Å²) in [5.74, 6) is 0. The molecule has 1 unspecified atom stereocenters. The fourth-order valence-corrected chi connectivity index (χ4v) is 1.52. The van der Waals surface area contributed by atoms with E-state index in [0.717, 1.165) is 5.52 Å². The van der Waals surface area contributed by atoms with Gasteiger partial charge in [-0.2, -0.15) is 0 Å². The van der Waals surface area contributed by atoms with Gasteiger partial charge in [0.15, 0.2) is 0 Å². The first-order valence-electron chi connectivity index (χ1n) is 4.49. The van der Waals surface area contributed by atoms with Crippen molar-refractivity contribution in [1.29, 1.82) is 0 Å². The van der Waals surface area contributed by atoms with E-state index >= 15 is 0 Å². The lowest BCUT2D eigenvalue weighted by Crippen LogP contribution is -2.11. The number of aromatic nitrogens is 2. The van der Waals surface area contributed by atoms with Gasteiger partial charge in [0.1, 0.15) is 6.67 Å². The normalized spacial score (nSPS) is 13.3. The summed E-state index contributed by atoms with van der Waals surface area (Å²) in [7, 11) is 0. The molecule has 0 aliphatic heterocycles. The van der Waals surface area contributed by atoms with Crippen molar-refractivity contribution in [3.8, 4) is 0 Å². The Morgan fingerprint density at radius 3 is 2.93 bits per heavy atom. The molecule has 0 bridgehead atoms. The van der Waals surface area contributed by atoms with Crippen molar-refractivity contribution in [3.05, 3.63) is 34.6 Å². The number of hydrogen-bond acceptors (Lipinski definition) is 1. The molecule has 2 aromatic rings. The van der Waals surface area contributed by atoms with Crippen LogP contribution in [0.5, 0.6) is 0 Å². The number of halogens is 1. The second kappa shape index (κ2) is 3.29. The van der Waals surface area contributed by atoms with Crippen LogP contribution in [-0.4, -0.2) is 16.5 Å². The third-order valence-electron chi connectivity index (χ3n) is 2.29. The molecule has 0 saturated heterocycles. The molecule has 0 aliphatic carbocycles. The lowest BCUT2D eigenvalue weighted by molar-refractivity contribution is 0.362. The molecule has 1 N–H and O–H groups in total. The molecule has 1 heterocycles. The maximum atomic E-state index is 12.5. The highest BCUT2D eigenvalue weighted by Gasteiger charge is 2.10. The van der Waals surface area contributed by atoms with Gasteiger partial charge in [0.2, 0.25) is 0 Å². The summed E-state index contributed by atoms with van der Waals surface area (Å²) in [6, 6.07) is 6.83. The first-order chi connectivity index (χ1) is 6.74. The third kappa shape index (κ3) is 1.23. The van der Waals surface area contributed by atoms with Crippen molar-refractivity contribution >= 4 is 10.9 Å². The number of H-pyrrole nitrogens is 1. The van der Waals surface area contributed by atoms with Gasteiger partial charge in [0.05, 0.1) is 16.9 Å².